The van der Waals surface area contributed by atoms with Crippen LogP contribution in [-0.4, -0.2) is 24.4 Å². The first-order valence-electron chi connectivity index (χ1n) is 9.00. The number of para-hydroxylation sites is 1. The quantitative estimate of drug-likeness (QED) is 0.465. The largest absolute Gasteiger partial charge is 0.496 e. The molecule has 4 nitrogen and oxygen atoms in total. The highest BCUT2D eigenvalue weighted by Gasteiger charge is 2.23. The van der Waals surface area contributed by atoms with E-state index in [1.54, 1.807) is 11.7 Å². The standard InChI is InChI=1S/C23H21NO3/c1-4-27-23(25)24-19-13-9-8-12-17(19)18-14-20(26-3)15(2)21(22(18)24)16-10-6-5-7-11-16/h5-14H,4H2,1-3H3. The highest BCUT2D eigenvalue weighted by atomic mass is 16.5. The number of hydrogen-bond donors (Lipinski definition) is 0. The second-order valence-corrected chi connectivity index (χ2v) is 6.39. The minimum absolute atomic E-state index is 0.322. The lowest BCUT2D eigenvalue weighted by molar-refractivity contribution is 0.156. The Labute approximate surface area is 157 Å². The number of ether oxygens (including phenoxy) is 2. The van der Waals surface area contributed by atoms with E-state index in [2.05, 4.69) is 0 Å². The maximum absolute atomic E-state index is 12.9. The van der Waals surface area contributed by atoms with Gasteiger partial charge in [-0.3, -0.25) is 0 Å². The van der Waals surface area contributed by atoms with Gasteiger partial charge in [-0.15, -0.1) is 0 Å². The summed E-state index contributed by atoms with van der Waals surface area (Å²) in [5, 5.41) is 1.97. The third-order valence-corrected chi connectivity index (χ3v) is 4.90. The van der Waals surface area contributed by atoms with Crippen molar-refractivity contribution in [3.05, 3.63) is 66.2 Å². The van der Waals surface area contributed by atoms with Crippen LogP contribution < -0.4 is 4.74 Å². The average Bonchev–Trinajstić information content (AvgIpc) is 3.02. The monoisotopic (exact) mass is 359 g/mol. The molecular weight excluding hydrogens is 338 g/mol. The van der Waals surface area contributed by atoms with Gasteiger partial charge in [0.05, 0.1) is 24.8 Å². The summed E-state index contributed by atoms with van der Waals surface area (Å²) in [4.78, 5) is 12.9. The fourth-order valence-corrected chi connectivity index (χ4v) is 3.75. The van der Waals surface area contributed by atoms with Crippen LogP contribution in [0.5, 0.6) is 5.75 Å². The van der Waals surface area contributed by atoms with Crippen molar-refractivity contribution in [2.45, 2.75) is 13.8 Å². The lowest BCUT2D eigenvalue weighted by Gasteiger charge is -2.15. The van der Waals surface area contributed by atoms with Gasteiger partial charge in [0.15, 0.2) is 0 Å². The van der Waals surface area contributed by atoms with Crippen molar-refractivity contribution >= 4 is 27.9 Å². The van der Waals surface area contributed by atoms with E-state index in [1.165, 1.54) is 0 Å². The van der Waals surface area contributed by atoms with Crippen molar-refractivity contribution in [1.82, 2.24) is 4.57 Å². The Bertz CT molecular complexity index is 1140. The van der Waals surface area contributed by atoms with Crippen LogP contribution in [0.2, 0.25) is 0 Å². The summed E-state index contributed by atoms with van der Waals surface area (Å²) in [5.41, 5.74) is 4.68. The first-order valence-corrected chi connectivity index (χ1v) is 9.00. The summed E-state index contributed by atoms with van der Waals surface area (Å²) in [5.74, 6) is 0.799. The molecule has 3 aromatic carbocycles. The average molecular weight is 359 g/mol. The van der Waals surface area contributed by atoms with Crippen molar-refractivity contribution < 1.29 is 14.3 Å². The minimum Gasteiger partial charge on any atom is -0.496 e. The van der Waals surface area contributed by atoms with E-state index in [-0.39, 0.29) is 6.09 Å². The zero-order valence-corrected chi connectivity index (χ0v) is 15.7. The van der Waals surface area contributed by atoms with Crippen LogP contribution in [-0.2, 0) is 4.74 Å². The molecule has 1 heterocycles. The molecule has 0 aliphatic rings. The maximum Gasteiger partial charge on any atom is 0.418 e. The van der Waals surface area contributed by atoms with Crippen LogP contribution in [0.15, 0.2) is 60.7 Å². The van der Waals surface area contributed by atoms with E-state index in [0.717, 1.165) is 44.2 Å². The molecule has 4 heteroatoms. The Morgan fingerprint density at radius 2 is 1.70 bits per heavy atom. The molecule has 4 rings (SSSR count). The van der Waals surface area contributed by atoms with E-state index < -0.39 is 0 Å². The number of nitrogens with zero attached hydrogens (tertiary/aromatic N) is 1. The summed E-state index contributed by atoms with van der Waals surface area (Å²) in [6, 6.07) is 20.0. The molecule has 136 valence electrons. The molecule has 0 radical (unpaired) electrons. The third-order valence-electron chi connectivity index (χ3n) is 4.90. The van der Waals surface area contributed by atoms with Gasteiger partial charge in [0.2, 0.25) is 0 Å². The van der Waals surface area contributed by atoms with Crippen LogP contribution in [0.4, 0.5) is 4.79 Å². The fraction of sp³-hybridized carbons (Fsp3) is 0.174. The summed E-state index contributed by atoms with van der Waals surface area (Å²) in [7, 11) is 1.67. The minimum atomic E-state index is -0.370. The number of carbonyl (C=O) groups excluding carboxylic acids is 1. The number of methoxy groups -OCH3 is 1. The van der Waals surface area contributed by atoms with Crippen molar-refractivity contribution in [1.29, 1.82) is 0 Å². The van der Waals surface area contributed by atoms with E-state index in [1.807, 2.05) is 74.5 Å². The van der Waals surface area contributed by atoms with Gasteiger partial charge in [-0.05, 0) is 31.5 Å². The normalized spacial score (nSPS) is 11.1. The zero-order valence-electron chi connectivity index (χ0n) is 15.7. The molecule has 0 saturated heterocycles. The molecule has 0 N–H and O–H groups in total. The lowest BCUT2D eigenvalue weighted by Crippen LogP contribution is -2.13. The van der Waals surface area contributed by atoms with Crippen LogP contribution in [0, 0.1) is 6.92 Å². The van der Waals surface area contributed by atoms with Crippen LogP contribution in [0.25, 0.3) is 32.9 Å². The fourth-order valence-electron chi connectivity index (χ4n) is 3.75. The zero-order chi connectivity index (χ0) is 19.0. The third kappa shape index (κ3) is 2.65. The Kier molecular flexibility index (Phi) is 4.32. The molecule has 0 aliphatic carbocycles. The second-order valence-electron chi connectivity index (χ2n) is 6.39. The SMILES string of the molecule is CCOC(=O)n1c2ccccc2c2cc(OC)c(C)c(-c3ccccc3)c21. The molecule has 27 heavy (non-hydrogen) atoms. The van der Waals surface area contributed by atoms with Crippen molar-refractivity contribution in [2.24, 2.45) is 0 Å². The van der Waals surface area contributed by atoms with E-state index >= 15 is 0 Å². The van der Waals surface area contributed by atoms with Crippen molar-refractivity contribution in [3.8, 4) is 16.9 Å². The highest BCUT2D eigenvalue weighted by molar-refractivity contribution is 6.17. The Hall–Kier alpha value is -3.27. The van der Waals surface area contributed by atoms with Gasteiger partial charge in [0.25, 0.3) is 0 Å². The number of benzene rings is 3. The molecule has 0 bridgehead atoms. The van der Waals surface area contributed by atoms with E-state index in [9.17, 15) is 4.79 Å². The molecule has 1 aromatic heterocycles. The number of aromatic nitrogens is 1. The van der Waals surface area contributed by atoms with Crippen molar-refractivity contribution in [2.75, 3.05) is 13.7 Å². The van der Waals surface area contributed by atoms with Gasteiger partial charge < -0.3 is 9.47 Å². The Morgan fingerprint density at radius 3 is 2.41 bits per heavy atom. The van der Waals surface area contributed by atoms with Gasteiger partial charge in [-0.2, -0.15) is 0 Å². The van der Waals surface area contributed by atoms with Crippen LogP contribution >= 0.6 is 0 Å². The first kappa shape index (κ1) is 17.2. The smallest absolute Gasteiger partial charge is 0.418 e. The Morgan fingerprint density at radius 1 is 1.00 bits per heavy atom. The number of hydrogen-bond acceptors (Lipinski definition) is 3. The number of rotatable bonds is 3. The van der Waals surface area contributed by atoms with Gasteiger partial charge in [-0.1, -0.05) is 48.5 Å². The lowest BCUT2D eigenvalue weighted by atomic mass is 9.96. The molecule has 0 saturated carbocycles. The molecule has 0 spiro atoms. The molecule has 0 amide bonds. The summed E-state index contributed by atoms with van der Waals surface area (Å²) < 4.78 is 12.7. The maximum atomic E-state index is 12.9. The molecule has 0 aliphatic heterocycles. The van der Waals surface area contributed by atoms with Crippen LogP contribution in [0.1, 0.15) is 12.5 Å². The van der Waals surface area contributed by atoms with Gasteiger partial charge in [0, 0.05) is 21.9 Å². The summed E-state index contributed by atoms with van der Waals surface area (Å²) in [6.45, 7) is 4.16. The van der Waals surface area contributed by atoms with E-state index in [4.69, 9.17) is 9.47 Å². The topological polar surface area (TPSA) is 40.5 Å². The summed E-state index contributed by atoms with van der Waals surface area (Å²) in [6.07, 6.45) is -0.370. The summed E-state index contributed by atoms with van der Waals surface area (Å²) >= 11 is 0. The predicted molar refractivity (Wildman–Crippen MR) is 109 cm³/mol. The molecular formula is C23H21NO3. The second kappa shape index (κ2) is 6.80. The number of carbonyl (C=O) groups is 1. The molecule has 0 atom stereocenters. The molecule has 0 fully saturated rings. The van der Waals surface area contributed by atoms with Crippen molar-refractivity contribution in [3.63, 3.8) is 0 Å². The van der Waals surface area contributed by atoms with Gasteiger partial charge >= 0.3 is 6.09 Å². The predicted octanol–water partition coefficient (Wildman–Crippen LogP) is 5.78. The highest BCUT2D eigenvalue weighted by Crippen LogP contribution is 2.42. The first-order chi connectivity index (χ1) is 13.2. The molecule has 0 unspecified atom stereocenters. The van der Waals surface area contributed by atoms with Gasteiger partial charge in [-0.25, -0.2) is 9.36 Å². The number of fused-ring (bicyclic) bond motifs is 3. The molecule has 4 aromatic rings. The van der Waals surface area contributed by atoms with Gasteiger partial charge in [0.1, 0.15) is 5.75 Å². The Balaban J connectivity index is 2.24. The van der Waals surface area contributed by atoms with E-state index in [0.29, 0.717) is 6.61 Å². The van der Waals surface area contributed by atoms with Crippen LogP contribution in [0.3, 0.4) is 0 Å².